The number of fused-ring (bicyclic) bond motifs is 1. The molecule has 0 unspecified atom stereocenters. The molecule has 2 fully saturated rings. The number of aromatic nitrogens is 4. The van der Waals surface area contributed by atoms with Crippen LogP contribution in [0.5, 0.6) is 5.75 Å². The summed E-state index contributed by atoms with van der Waals surface area (Å²) >= 11 is 0. The zero-order valence-corrected chi connectivity index (χ0v) is 25.7. The van der Waals surface area contributed by atoms with Gasteiger partial charge in [0.05, 0.1) is 26.5 Å². The van der Waals surface area contributed by atoms with Gasteiger partial charge in [-0.05, 0) is 39.8 Å². The predicted octanol–water partition coefficient (Wildman–Crippen LogP) is 3.87. The molecule has 0 N–H and O–H groups in total. The Balaban J connectivity index is 1.36. The molecule has 6 rings (SSSR count). The molecular weight excluding hydrogens is 599 g/mol. The summed E-state index contributed by atoms with van der Waals surface area (Å²) in [6.45, 7) is 4.24. The van der Waals surface area contributed by atoms with Crippen molar-refractivity contribution < 1.29 is 27.4 Å². The van der Waals surface area contributed by atoms with Crippen LogP contribution in [0, 0.1) is 0 Å². The third kappa shape index (κ3) is 6.76. The summed E-state index contributed by atoms with van der Waals surface area (Å²) in [5, 5.41) is 10.1. The van der Waals surface area contributed by atoms with Crippen LogP contribution in [0.3, 0.4) is 0 Å². The maximum absolute atomic E-state index is 13.6. The van der Waals surface area contributed by atoms with Crippen molar-refractivity contribution in [2.45, 2.75) is 30.7 Å². The first-order valence-corrected chi connectivity index (χ1v) is 15.1. The van der Waals surface area contributed by atoms with E-state index < -0.39 is 12.0 Å². The molecule has 2 aliphatic rings. The number of hydrogen-bond donors (Lipinski definition) is 0. The molecule has 2 aliphatic heterocycles. The molecule has 0 amide bonds. The molecule has 0 radical (unpaired) electrons. The van der Waals surface area contributed by atoms with E-state index in [1.165, 1.54) is 24.3 Å². The lowest BCUT2D eigenvalue weighted by Gasteiger charge is -2.53. The van der Waals surface area contributed by atoms with Gasteiger partial charge in [-0.15, -0.1) is 5.10 Å². The Morgan fingerprint density at radius 1 is 0.913 bits per heavy atom. The zero-order valence-electron chi connectivity index (χ0n) is 25.7. The summed E-state index contributed by atoms with van der Waals surface area (Å²) in [4.78, 5) is 19.2. The van der Waals surface area contributed by atoms with E-state index in [-0.39, 0.29) is 36.2 Å². The summed E-state index contributed by atoms with van der Waals surface area (Å²) in [5.41, 5.74) is 3.31. The second kappa shape index (κ2) is 13.6. The molecule has 2 atom stereocenters. The fraction of sp³-hybridized carbons (Fsp3) is 0.394. The maximum Gasteiger partial charge on any atom is 0.453 e. The Hall–Kier alpha value is -4.33. The summed E-state index contributed by atoms with van der Waals surface area (Å²) < 4.78 is 52.3. The van der Waals surface area contributed by atoms with Gasteiger partial charge in [0.15, 0.2) is 0 Å². The minimum atomic E-state index is -4.71. The van der Waals surface area contributed by atoms with Gasteiger partial charge in [-0.25, -0.2) is 0 Å². The molecule has 3 aromatic carbocycles. The molecular formula is C33H36F3N7O3. The van der Waals surface area contributed by atoms with Gasteiger partial charge in [-0.1, -0.05) is 60.7 Å². The Morgan fingerprint density at radius 3 is 2.22 bits per heavy atom. The molecule has 46 heavy (non-hydrogen) atoms. The Morgan fingerprint density at radius 2 is 1.59 bits per heavy atom. The number of alkyl halides is 3. The number of carbonyl (C=O) groups is 1. The first-order chi connectivity index (χ1) is 22.2. The monoisotopic (exact) mass is 635 g/mol. The van der Waals surface area contributed by atoms with E-state index in [1.807, 2.05) is 12.1 Å². The van der Waals surface area contributed by atoms with Crippen molar-refractivity contribution in [1.82, 2.24) is 34.9 Å². The van der Waals surface area contributed by atoms with Crippen LogP contribution in [0.15, 0.2) is 78.9 Å². The van der Waals surface area contributed by atoms with E-state index in [9.17, 15) is 18.0 Å². The Bertz CT molecular complexity index is 1580. The topological polar surface area (TPSA) is 88.9 Å². The van der Waals surface area contributed by atoms with E-state index >= 15 is 0 Å². The fourth-order valence-corrected chi connectivity index (χ4v) is 6.85. The molecule has 10 nitrogen and oxygen atoms in total. The zero-order chi connectivity index (χ0) is 32.3. The molecule has 0 bridgehead atoms. The molecule has 3 heterocycles. The standard InChI is InChI=1S/C33H36F3N7O3/c1-45-29-14-13-26(43-32(33(34,35)36)37-38-39-43)17-25(29)18-41-20-27-19-40(22-30(44)46-2)15-16-42(27)28(21-41)31(23-9-5-3-6-10-23)24-11-7-4-8-12-24/h3-14,17,27-28,31H,15-16,18-22H2,1-2H3/t27-,28-/m0/s1. The van der Waals surface area contributed by atoms with Crippen molar-refractivity contribution in [3.63, 3.8) is 0 Å². The minimum absolute atomic E-state index is 0.0589. The van der Waals surface area contributed by atoms with Crippen LogP contribution in [0.25, 0.3) is 5.69 Å². The second-order valence-corrected chi connectivity index (χ2v) is 11.7. The normalized spacial score (nSPS) is 19.6. The third-order valence-electron chi connectivity index (χ3n) is 8.86. The van der Waals surface area contributed by atoms with Crippen LogP contribution >= 0.6 is 0 Å². The van der Waals surface area contributed by atoms with Crippen molar-refractivity contribution in [1.29, 1.82) is 0 Å². The van der Waals surface area contributed by atoms with E-state index in [1.54, 1.807) is 19.2 Å². The summed E-state index contributed by atoms with van der Waals surface area (Å²) in [7, 11) is 2.94. The minimum Gasteiger partial charge on any atom is -0.496 e. The Kier molecular flexibility index (Phi) is 9.34. The van der Waals surface area contributed by atoms with Gasteiger partial charge in [-0.2, -0.15) is 17.9 Å². The number of ether oxygens (including phenoxy) is 2. The highest BCUT2D eigenvalue weighted by atomic mass is 19.4. The van der Waals surface area contributed by atoms with E-state index in [0.717, 1.165) is 13.1 Å². The second-order valence-electron chi connectivity index (χ2n) is 11.7. The molecule has 0 saturated carbocycles. The lowest BCUT2D eigenvalue weighted by atomic mass is 9.81. The highest BCUT2D eigenvalue weighted by Gasteiger charge is 2.43. The smallest absolute Gasteiger partial charge is 0.453 e. The van der Waals surface area contributed by atoms with Crippen molar-refractivity contribution in [3.05, 3.63) is 101 Å². The van der Waals surface area contributed by atoms with Gasteiger partial charge < -0.3 is 9.47 Å². The number of piperazine rings is 2. The molecule has 242 valence electrons. The molecule has 0 aliphatic carbocycles. The van der Waals surface area contributed by atoms with Gasteiger partial charge >= 0.3 is 12.1 Å². The highest BCUT2D eigenvalue weighted by molar-refractivity contribution is 5.71. The summed E-state index contributed by atoms with van der Waals surface area (Å²) in [6, 6.07) is 25.9. The lowest BCUT2D eigenvalue weighted by Crippen LogP contribution is -2.67. The average molecular weight is 636 g/mol. The van der Waals surface area contributed by atoms with Gasteiger partial charge in [0.25, 0.3) is 5.82 Å². The third-order valence-corrected chi connectivity index (χ3v) is 8.86. The Labute approximate surface area is 265 Å². The van der Waals surface area contributed by atoms with Crippen LogP contribution in [-0.2, 0) is 22.3 Å². The fourth-order valence-electron chi connectivity index (χ4n) is 6.85. The highest BCUT2D eigenvalue weighted by Crippen LogP contribution is 2.37. The first-order valence-electron chi connectivity index (χ1n) is 15.1. The van der Waals surface area contributed by atoms with Crippen LogP contribution in [-0.4, -0.2) is 106 Å². The molecule has 4 aromatic rings. The SMILES string of the molecule is COC(=O)CN1CCN2[C@@H](C1)CN(Cc1cc(-n3nnnc3C(F)(F)F)ccc1OC)C[C@H]2C(c1ccccc1)c1ccccc1. The predicted molar refractivity (Wildman–Crippen MR) is 163 cm³/mol. The quantitative estimate of drug-likeness (QED) is 0.255. The van der Waals surface area contributed by atoms with E-state index in [2.05, 4.69) is 78.8 Å². The number of benzene rings is 3. The van der Waals surface area contributed by atoms with Crippen LogP contribution < -0.4 is 4.74 Å². The number of halogens is 3. The number of carbonyl (C=O) groups excluding carboxylic acids is 1. The van der Waals surface area contributed by atoms with Crippen molar-refractivity contribution in [2.75, 3.05) is 53.5 Å². The van der Waals surface area contributed by atoms with Crippen LogP contribution in [0.4, 0.5) is 13.2 Å². The van der Waals surface area contributed by atoms with E-state index in [4.69, 9.17) is 9.47 Å². The van der Waals surface area contributed by atoms with Crippen molar-refractivity contribution in [2.24, 2.45) is 0 Å². The largest absolute Gasteiger partial charge is 0.496 e. The number of nitrogens with zero attached hydrogens (tertiary/aromatic N) is 7. The molecule has 2 saturated heterocycles. The average Bonchev–Trinajstić information content (AvgIpc) is 3.57. The van der Waals surface area contributed by atoms with Gasteiger partial charge in [0.2, 0.25) is 0 Å². The number of rotatable bonds is 9. The maximum atomic E-state index is 13.6. The van der Waals surface area contributed by atoms with Crippen LogP contribution in [0.1, 0.15) is 28.4 Å². The molecule has 0 spiro atoms. The number of esters is 1. The van der Waals surface area contributed by atoms with Crippen molar-refractivity contribution in [3.8, 4) is 11.4 Å². The lowest BCUT2D eigenvalue weighted by molar-refractivity contribution is -0.146. The summed E-state index contributed by atoms with van der Waals surface area (Å²) in [6.07, 6.45) is -4.71. The van der Waals surface area contributed by atoms with Crippen molar-refractivity contribution >= 4 is 5.97 Å². The number of methoxy groups -OCH3 is 2. The van der Waals surface area contributed by atoms with Gasteiger partial charge in [0, 0.05) is 62.8 Å². The number of hydrogen-bond acceptors (Lipinski definition) is 9. The van der Waals surface area contributed by atoms with Gasteiger partial charge in [-0.3, -0.25) is 19.5 Å². The molecule has 1 aromatic heterocycles. The van der Waals surface area contributed by atoms with Crippen LogP contribution in [0.2, 0.25) is 0 Å². The number of tetrazole rings is 1. The van der Waals surface area contributed by atoms with Gasteiger partial charge in [0.1, 0.15) is 5.75 Å². The first kappa shape index (κ1) is 31.6. The summed E-state index contributed by atoms with van der Waals surface area (Å²) in [5.74, 6) is -0.850. The molecule has 13 heteroatoms. The van der Waals surface area contributed by atoms with E-state index in [0.29, 0.717) is 42.2 Å².